The van der Waals surface area contributed by atoms with E-state index in [1.54, 1.807) is 18.5 Å². The van der Waals surface area contributed by atoms with Crippen molar-refractivity contribution in [1.82, 2.24) is 10.3 Å². The lowest BCUT2D eigenvalue weighted by molar-refractivity contribution is -0.116. The summed E-state index contributed by atoms with van der Waals surface area (Å²) in [5.41, 5.74) is 1.02. The molecule has 0 aliphatic carbocycles. The first-order valence-electron chi connectivity index (χ1n) is 8.16. The third kappa shape index (κ3) is 9.83. The minimum absolute atomic E-state index is 0.0261. The quantitative estimate of drug-likeness (QED) is 0.484. The topological polar surface area (TPSA) is 42.0 Å². The normalized spacial score (nSPS) is 10.9. The van der Waals surface area contributed by atoms with Crippen LogP contribution in [0.5, 0.6) is 0 Å². The molecule has 1 heterocycles. The van der Waals surface area contributed by atoms with Crippen LogP contribution in [-0.2, 0) is 11.3 Å². The second-order valence-electron chi connectivity index (χ2n) is 5.39. The van der Waals surface area contributed by atoms with E-state index in [-0.39, 0.29) is 5.91 Å². The van der Waals surface area contributed by atoms with Gasteiger partial charge in [0.25, 0.3) is 0 Å². The number of pyridine rings is 1. The van der Waals surface area contributed by atoms with Crippen molar-refractivity contribution >= 4 is 5.91 Å². The SMILES string of the molecule is CCCCCCCCC/C=C/C(=O)NCc1cccnc1. The van der Waals surface area contributed by atoms with Crippen LogP contribution in [0.25, 0.3) is 0 Å². The Morgan fingerprint density at radius 2 is 1.95 bits per heavy atom. The Morgan fingerprint density at radius 3 is 2.67 bits per heavy atom. The second kappa shape index (κ2) is 12.1. The van der Waals surface area contributed by atoms with Crippen LogP contribution in [0.3, 0.4) is 0 Å². The zero-order valence-corrected chi connectivity index (χ0v) is 13.2. The highest BCUT2D eigenvalue weighted by molar-refractivity contribution is 5.87. The molecule has 1 aromatic rings. The molecule has 21 heavy (non-hydrogen) atoms. The lowest BCUT2D eigenvalue weighted by atomic mass is 10.1. The number of allylic oxidation sites excluding steroid dienone is 1. The molecule has 0 aliphatic rings. The monoisotopic (exact) mass is 288 g/mol. The predicted octanol–water partition coefficient (Wildman–Crippen LogP) is 4.39. The van der Waals surface area contributed by atoms with Crippen molar-refractivity contribution in [3.8, 4) is 0 Å². The third-order valence-corrected chi connectivity index (χ3v) is 3.43. The van der Waals surface area contributed by atoms with Gasteiger partial charge in [-0.1, -0.05) is 57.6 Å². The number of carbonyl (C=O) groups excluding carboxylic acids is 1. The zero-order chi connectivity index (χ0) is 15.2. The molecule has 116 valence electrons. The number of nitrogens with one attached hydrogen (secondary N) is 1. The Balaban J connectivity index is 1.99. The van der Waals surface area contributed by atoms with E-state index in [1.807, 2.05) is 18.2 Å². The molecule has 1 rings (SSSR count). The van der Waals surface area contributed by atoms with E-state index in [1.165, 1.54) is 44.9 Å². The molecule has 3 heteroatoms. The highest BCUT2D eigenvalue weighted by atomic mass is 16.1. The van der Waals surface area contributed by atoms with E-state index in [0.29, 0.717) is 6.54 Å². The van der Waals surface area contributed by atoms with Crippen LogP contribution in [0.1, 0.15) is 63.9 Å². The Hall–Kier alpha value is -1.64. The van der Waals surface area contributed by atoms with Crippen molar-refractivity contribution in [1.29, 1.82) is 0 Å². The number of carbonyl (C=O) groups is 1. The molecule has 0 aromatic carbocycles. The van der Waals surface area contributed by atoms with Gasteiger partial charge in [0, 0.05) is 18.9 Å². The minimum atomic E-state index is -0.0261. The molecule has 0 spiro atoms. The molecule has 0 unspecified atom stereocenters. The molecule has 1 amide bonds. The molecule has 0 saturated carbocycles. The number of nitrogens with zero attached hydrogens (tertiary/aromatic N) is 1. The van der Waals surface area contributed by atoms with Gasteiger partial charge in [0.2, 0.25) is 5.91 Å². The summed E-state index contributed by atoms with van der Waals surface area (Å²) < 4.78 is 0. The number of amides is 1. The molecule has 0 saturated heterocycles. The Bertz CT molecular complexity index is 401. The maximum absolute atomic E-state index is 11.6. The highest BCUT2D eigenvalue weighted by Gasteiger charge is 1.96. The molecule has 0 radical (unpaired) electrons. The number of unbranched alkanes of at least 4 members (excludes halogenated alkanes) is 7. The Labute approximate surface area is 128 Å². The Morgan fingerprint density at radius 1 is 1.19 bits per heavy atom. The van der Waals surface area contributed by atoms with Gasteiger partial charge in [0.1, 0.15) is 0 Å². The van der Waals surface area contributed by atoms with Crippen LogP contribution in [0, 0.1) is 0 Å². The van der Waals surface area contributed by atoms with Crippen molar-refractivity contribution in [3.63, 3.8) is 0 Å². The fourth-order valence-electron chi connectivity index (χ4n) is 2.16. The fourth-order valence-corrected chi connectivity index (χ4v) is 2.16. The van der Waals surface area contributed by atoms with E-state index in [2.05, 4.69) is 17.2 Å². The molecular formula is C18H28N2O. The second-order valence-corrected chi connectivity index (χ2v) is 5.39. The van der Waals surface area contributed by atoms with E-state index in [4.69, 9.17) is 0 Å². The molecular weight excluding hydrogens is 260 g/mol. The number of hydrogen-bond acceptors (Lipinski definition) is 2. The van der Waals surface area contributed by atoms with Gasteiger partial charge in [-0.2, -0.15) is 0 Å². The van der Waals surface area contributed by atoms with Crippen molar-refractivity contribution in [2.24, 2.45) is 0 Å². The van der Waals surface area contributed by atoms with Crippen molar-refractivity contribution < 1.29 is 4.79 Å². The first kappa shape index (κ1) is 17.4. The largest absolute Gasteiger partial charge is 0.348 e. The summed E-state index contributed by atoms with van der Waals surface area (Å²) in [5, 5.41) is 2.86. The van der Waals surface area contributed by atoms with Crippen LogP contribution in [0.15, 0.2) is 36.7 Å². The van der Waals surface area contributed by atoms with E-state index < -0.39 is 0 Å². The van der Waals surface area contributed by atoms with Gasteiger partial charge in [0.05, 0.1) is 0 Å². The maximum Gasteiger partial charge on any atom is 0.243 e. The molecule has 3 nitrogen and oxygen atoms in total. The number of hydrogen-bond donors (Lipinski definition) is 1. The van der Waals surface area contributed by atoms with Gasteiger partial charge < -0.3 is 5.32 Å². The molecule has 0 aliphatic heterocycles. The van der Waals surface area contributed by atoms with Gasteiger partial charge in [-0.3, -0.25) is 9.78 Å². The highest BCUT2D eigenvalue weighted by Crippen LogP contribution is 2.08. The summed E-state index contributed by atoms with van der Waals surface area (Å²) in [7, 11) is 0. The summed E-state index contributed by atoms with van der Waals surface area (Å²) in [6.45, 7) is 2.78. The predicted molar refractivity (Wildman–Crippen MR) is 87.8 cm³/mol. The average Bonchev–Trinajstić information content (AvgIpc) is 2.52. The lowest BCUT2D eigenvalue weighted by Gasteiger charge is -2.01. The standard InChI is InChI=1S/C18H28N2O/c1-2-3-4-5-6-7-8-9-10-13-18(21)20-16-17-12-11-14-19-15-17/h10-15H,2-9,16H2,1H3,(H,20,21)/b13-10+. The maximum atomic E-state index is 11.6. The van der Waals surface area contributed by atoms with Crippen molar-refractivity contribution in [2.45, 2.75) is 64.8 Å². The van der Waals surface area contributed by atoms with Crippen LogP contribution < -0.4 is 5.32 Å². The summed E-state index contributed by atoms with van der Waals surface area (Å²) in [4.78, 5) is 15.6. The van der Waals surface area contributed by atoms with Gasteiger partial charge in [0.15, 0.2) is 0 Å². The summed E-state index contributed by atoms with van der Waals surface area (Å²) in [6, 6.07) is 3.83. The summed E-state index contributed by atoms with van der Waals surface area (Å²) in [6.07, 6.45) is 17.3. The van der Waals surface area contributed by atoms with Crippen LogP contribution in [0.2, 0.25) is 0 Å². The van der Waals surface area contributed by atoms with Gasteiger partial charge in [-0.05, 0) is 30.5 Å². The van der Waals surface area contributed by atoms with Crippen molar-refractivity contribution in [2.75, 3.05) is 0 Å². The molecule has 1 N–H and O–H groups in total. The molecule has 0 fully saturated rings. The van der Waals surface area contributed by atoms with Crippen LogP contribution in [-0.4, -0.2) is 10.9 Å². The third-order valence-electron chi connectivity index (χ3n) is 3.43. The van der Waals surface area contributed by atoms with Crippen LogP contribution >= 0.6 is 0 Å². The summed E-state index contributed by atoms with van der Waals surface area (Å²) in [5.74, 6) is -0.0261. The van der Waals surface area contributed by atoms with Crippen LogP contribution in [0.4, 0.5) is 0 Å². The lowest BCUT2D eigenvalue weighted by Crippen LogP contribution is -2.20. The van der Waals surface area contributed by atoms with Gasteiger partial charge in [-0.25, -0.2) is 0 Å². The molecule has 1 aromatic heterocycles. The van der Waals surface area contributed by atoms with E-state index >= 15 is 0 Å². The van der Waals surface area contributed by atoms with E-state index in [0.717, 1.165) is 12.0 Å². The van der Waals surface area contributed by atoms with Gasteiger partial charge >= 0.3 is 0 Å². The van der Waals surface area contributed by atoms with Crippen molar-refractivity contribution in [3.05, 3.63) is 42.2 Å². The van der Waals surface area contributed by atoms with E-state index in [9.17, 15) is 4.79 Å². The Kier molecular flexibility index (Phi) is 10.1. The first-order chi connectivity index (χ1) is 10.3. The number of rotatable bonds is 11. The smallest absolute Gasteiger partial charge is 0.243 e. The van der Waals surface area contributed by atoms with Gasteiger partial charge in [-0.15, -0.1) is 0 Å². The average molecular weight is 288 g/mol. The minimum Gasteiger partial charge on any atom is -0.348 e. The zero-order valence-electron chi connectivity index (χ0n) is 13.2. The fraction of sp³-hybridized carbons (Fsp3) is 0.556. The molecule has 0 bridgehead atoms. The molecule has 0 atom stereocenters. The first-order valence-corrected chi connectivity index (χ1v) is 8.16. The summed E-state index contributed by atoms with van der Waals surface area (Å²) >= 11 is 0. The number of aromatic nitrogens is 1.